The minimum Gasteiger partial charge on any atom is -0.484 e. The molecule has 0 saturated carbocycles. The van der Waals surface area contributed by atoms with Crippen molar-refractivity contribution in [2.45, 2.75) is 53.2 Å². The van der Waals surface area contributed by atoms with E-state index in [0.29, 0.717) is 15.8 Å². The molecule has 0 saturated heterocycles. The molecule has 5 nitrogen and oxygen atoms in total. The van der Waals surface area contributed by atoms with Gasteiger partial charge in [-0.05, 0) is 75.6 Å². The molecule has 2 aromatic rings. The number of aryl methyl sites for hydroxylation is 2. The van der Waals surface area contributed by atoms with Crippen LogP contribution in [0.15, 0.2) is 36.4 Å². The lowest BCUT2D eigenvalue weighted by molar-refractivity contribution is -0.142. The van der Waals surface area contributed by atoms with Crippen LogP contribution in [0.5, 0.6) is 5.75 Å². The predicted molar refractivity (Wildman–Crippen MR) is 121 cm³/mol. The van der Waals surface area contributed by atoms with Crippen LogP contribution in [-0.2, 0) is 16.1 Å². The SMILES string of the molecule is Cc1cc(C)cc(OCC(=O)N(Cc2ccc(Cl)c(Cl)c2)[C@H](C)C(=O)NC(C)C)c1. The maximum atomic E-state index is 13.0. The Labute approximate surface area is 188 Å². The molecule has 0 aliphatic carbocycles. The first-order valence-electron chi connectivity index (χ1n) is 9.81. The maximum absolute atomic E-state index is 13.0. The molecule has 0 radical (unpaired) electrons. The molecule has 1 atom stereocenters. The van der Waals surface area contributed by atoms with Gasteiger partial charge in [0.1, 0.15) is 11.8 Å². The Hall–Kier alpha value is -2.24. The van der Waals surface area contributed by atoms with Gasteiger partial charge in [0, 0.05) is 12.6 Å². The summed E-state index contributed by atoms with van der Waals surface area (Å²) in [5, 5.41) is 3.68. The predicted octanol–water partition coefficient (Wildman–Crippen LogP) is 4.93. The molecule has 0 fully saturated rings. The lowest BCUT2D eigenvalue weighted by Gasteiger charge is -2.29. The van der Waals surface area contributed by atoms with E-state index in [1.165, 1.54) is 4.90 Å². The number of carbonyl (C=O) groups is 2. The smallest absolute Gasteiger partial charge is 0.261 e. The van der Waals surface area contributed by atoms with E-state index in [1.807, 2.05) is 45.9 Å². The minimum atomic E-state index is -0.683. The van der Waals surface area contributed by atoms with Gasteiger partial charge in [0.2, 0.25) is 5.91 Å². The molecule has 162 valence electrons. The molecule has 2 rings (SSSR count). The van der Waals surface area contributed by atoms with Gasteiger partial charge in [-0.1, -0.05) is 35.3 Å². The zero-order valence-electron chi connectivity index (χ0n) is 18.0. The second kappa shape index (κ2) is 10.7. The van der Waals surface area contributed by atoms with Gasteiger partial charge < -0.3 is 15.0 Å². The standard InChI is InChI=1S/C23H28Cl2N2O3/c1-14(2)26-23(29)17(5)27(12-18-6-7-20(24)21(25)11-18)22(28)13-30-19-9-15(3)8-16(4)10-19/h6-11,14,17H,12-13H2,1-5H3,(H,26,29)/t17-/m1/s1. The van der Waals surface area contributed by atoms with Crippen molar-refractivity contribution in [2.75, 3.05) is 6.61 Å². The first-order valence-corrected chi connectivity index (χ1v) is 10.6. The van der Waals surface area contributed by atoms with E-state index in [9.17, 15) is 9.59 Å². The van der Waals surface area contributed by atoms with Crippen molar-refractivity contribution in [3.05, 3.63) is 63.1 Å². The zero-order valence-corrected chi connectivity index (χ0v) is 19.5. The first kappa shape index (κ1) is 24.0. The van der Waals surface area contributed by atoms with Crippen LogP contribution >= 0.6 is 23.2 Å². The Bertz CT molecular complexity index is 895. The van der Waals surface area contributed by atoms with Crippen LogP contribution in [0, 0.1) is 13.8 Å². The van der Waals surface area contributed by atoms with E-state index in [4.69, 9.17) is 27.9 Å². The zero-order chi connectivity index (χ0) is 22.4. The number of hydrogen-bond donors (Lipinski definition) is 1. The highest BCUT2D eigenvalue weighted by Gasteiger charge is 2.27. The third-order valence-electron chi connectivity index (χ3n) is 4.49. The summed E-state index contributed by atoms with van der Waals surface area (Å²) in [6, 6.07) is 10.2. The fourth-order valence-corrected chi connectivity index (χ4v) is 3.39. The van der Waals surface area contributed by atoms with E-state index < -0.39 is 6.04 Å². The van der Waals surface area contributed by atoms with Crippen molar-refractivity contribution in [1.82, 2.24) is 10.2 Å². The van der Waals surface area contributed by atoms with Crippen LogP contribution in [-0.4, -0.2) is 35.4 Å². The van der Waals surface area contributed by atoms with Gasteiger partial charge in [0.05, 0.1) is 10.0 Å². The van der Waals surface area contributed by atoms with Crippen molar-refractivity contribution in [1.29, 1.82) is 0 Å². The summed E-state index contributed by atoms with van der Waals surface area (Å²) < 4.78 is 5.73. The largest absolute Gasteiger partial charge is 0.484 e. The summed E-state index contributed by atoms with van der Waals surface area (Å²) in [4.78, 5) is 27.1. The van der Waals surface area contributed by atoms with E-state index >= 15 is 0 Å². The molecule has 2 aromatic carbocycles. The summed E-state index contributed by atoms with van der Waals surface area (Å²) in [6.07, 6.45) is 0. The molecule has 0 spiro atoms. The third kappa shape index (κ3) is 6.92. The summed E-state index contributed by atoms with van der Waals surface area (Å²) in [7, 11) is 0. The Balaban J connectivity index is 2.20. The summed E-state index contributed by atoms with van der Waals surface area (Å²) in [6.45, 7) is 9.41. The van der Waals surface area contributed by atoms with E-state index in [0.717, 1.165) is 16.7 Å². The minimum absolute atomic E-state index is 0.0339. The number of nitrogens with one attached hydrogen (secondary N) is 1. The second-order valence-corrected chi connectivity index (χ2v) is 8.54. The molecule has 2 amide bonds. The summed E-state index contributed by atoms with van der Waals surface area (Å²) in [5.41, 5.74) is 2.87. The maximum Gasteiger partial charge on any atom is 0.261 e. The Morgan fingerprint density at radius 3 is 2.20 bits per heavy atom. The molecular weight excluding hydrogens is 423 g/mol. The monoisotopic (exact) mass is 450 g/mol. The van der Waals surface area contributed by atoms with Gasteiger partial charge in [0.15, 0.2) is 6.61 Å². The number of carbonyl (C=O) groups excluding carboxylic acids is 2. The molecule has 7 heteroatoms. The molecule has 0 bridgehead atoms. The van der Waals surface area contributed by atoms with Crippen LogP contribution in [0.4, 0.5) is 0 Å². The summed E-state index contributed by atoms with van der Waals surface area (Å²) in [5.74, 6) is 0.0890. The van der Waals surface area contributed by atoms with Crippen LogP contribution in [0.25, 0.3) is 0 Å². The molecule has 0 aromatic heterocycles. The second-order valence-electron chi connectivity index (χ2n) is 7.72. The summed E-state index contributed by atoms with van der Waals surface area (Å²) >= 11 is 12.1. The Morgan fingerprint density at radius 1 is 1.00 bits per heavy atom. The molecule has 0 aliphatic rings. The first-order chi connectivity index (χ1) is 14.1. The topological polar surface area (TPSA) is 58.6 Å². The number of ether oxygens (including phenoxy) is 1. The van der Waals surface area contributed by atoms with Gasteiger partial charge in [0.25, 0.3) is 5.91 Å². The highest BCUT2D eigenvalue weighted by atomic mass is 35.5. The Morgan fingerprint density at radius 2 is 1.63 bits per heavy atom. The number of rotatable bonds is 8. The average molecular weight is 451 g/mol. The van der Waals surface area contributed by atoms with Gasteiger partial charge in [-0.25, -0.2) is 0 Å². The fourth-order valence-electron chi connectivity index (χ4n) is 3.07. The van der Waals surface area contributed by atoms with E-state index in [2.05, 4.69) is 5.32 Å². The lowest BCUT2D eigenvalue weighted by Crippen LogP contribution is -2.50. The quantitative estimate of drug-likeness (QED) is 0.619. The highest BCUT2D eigenvalue weighted by molar-refractivity contribution is 6.42. The van der Waals surface area contributed by atoms with Crippen molar-refractivity contribution in [3.8, 4) is 5.75 Å². The Kier molecular flexibility index (Phi) is 8.56. The van der Waals surface area contributed by atoms with Gasteiger partial charge in [-0.3, -0.25) is 9.59 Å². The number of nitrogens with zero attached hydrogens (tertiary/aromatic N) is 1. The normalized spacial score (nSPS) is 11.9. The third-order valence-corrected chi connectivity index (χ3v) is 5.23. The molecule has 1 N–H and O–H groups in total. The number of hydrogen-bond acceptors (Lipinski definition) is 3. The lowest BCUT2D eigenvalue weighted by atomic mass is 10.1. The van der Waals surface area contributed by atoms with Gasteiger partial charge >= 0.3 is 0 Å². The van der Waals surface area contributed by atoms with Crippen molar-refractivity contribution in [3.63, 3.8) is 0 Å². The molecular formula is C23H28Cl2N2O3. The molecule has 0 unspecified atom stereocenters. The van der Waals surface area contributed by atoms with Crippen LogP contribution in [0.3, 0.4) is 0 Å². The highest BCUT2D eigenvalue weighted by Crippen LogP contribution is 2.24. The number of halogens is 2. The molecule has 30 heavy (non-hydrogen) atoms. The van der Waals surface area contributed by atoms with Gasteiger partial charge in [-0.15, -0.1) is 0 Å². The van der Waals surface area contributed by atoms with E-state index in [-0.39, 0.29) is 31.0 Å². The number of benzene rings is 2. The van der Waals surface area contributed by atoms with E-state index in [1.54, 1.807) is 25.1 Å². The average Bonchev–Trinajstić information content (AvgIpc) is 2.65. The van der Waals surface area contributed by atoms with Gasteiger partial charge in [-0.2, -0.15) is 0 Å². The van der Waals surface area contributed by atoms with Crippen molar-refractivity contribution < 1.29 is 14.3 Å². The molecule has 0 aliphatic heterocycles. The number of amides is 2. The fraction of sp³-hybridized carbons (Fsp3) is 0.391. The van der Waals surface area contributed by atoms with Crippen LogP contribution in [0.2, 0.25) is 10.0 Å². The van der Waals surface area contributed by atoms with Crippen LogP contribution < -0.4 is 10.1 Å². The van der Waals surface area contributed by atoms with Crippen molar-refractivity contribution in [2.24, 2.45) is 0 Å². The van der Waals surface area contributed by atoms with Crippen LogP contribution in [0.1, 0.15) is 37.5 Å². The molecule has 0 heterocycles. The van der Waals surface area contributed by atoms with Crippen molar-refractivity contribution >= 4 is 35.0 Å².